The van der Waals surface area contributed by atoms with Crippen LogP contribution in [0.3, 0.4) is 0 Å². The zero-order valence-corrected chi connectivity index (χ0v) is 16.6. The molecule has 6 heteroatoms. The van der Waals surface area contributed by atoms with E-state index >= 15 is 0 Å². The van der Waals surface area contributed by atoms with Crippen LogP contribution in [0, 0.1) is 0 Å². The number of nitrogens with one attached hydrogen (secondary N) is 1. The first-order chi connectivity index (χ1) is 12.9. The molecular weight excluding hydrogens is 338 g/mol. The van der Waals surface area contributed by atoms with Crippen LogP contribution in [-0.2, 0) is 10.3 Å². The Morgan fingerprint density at radius 3 is 2.22 bits per heavy atom. The van der Waals surface area contributed by atoms with Gasteiger partial charge in [-0.2, -0.15) is 0 Å². The lowest BCUT2D eigenvalue weighted by molar-refractivity contribution is -0.120. The Labute approximate surface area is 161 Å². The summed E-state index contributed by atoms with van der Waals surface area (Å²) in [6, 6.07) is 10.8. The molecule has 1 aliphatic rings. The Morgan fingerprint density at radius 2 is 1.67 bits per heavy atom. The molecule has 2 heterocycles. The van der Waals surface area contributed by atoms with Crippen molar-refractivity contribution < 1.29 is 4.79 Å². The van der Waals surface area contributed by atoms with Gasteiger partial charge < -0.3 is 10.2 Å². The number of piperazine rings is 1. The fourth-order valence-corrected chi connectivity index (χ4v) is 3.67. The first-order valence-electron chi connectivity index (χ1n) is 9.52. The van der Waals surface area contributed by atoms with Crippen LogP contribution in [-0.4, -0.2) is 47.0 Å². The highest BCUT2D eigenvalue weighted by Crippen LogP contribution is 2.26. The quantitative estimate of drug-likeness (QED) is 0.880. The molecule has 1 fully saturated rings. The highest BCUT2D eigenvalue weighted by Gasteiger charge is 2.25. The van der Waals surface area contributed by atoms with Crippen molar-refractivity contribution in [1.82, 2.24) is 20.2 Å². The first kappa shape index (κ1) is 19.3. The first-order valence-corrected chi connectivity index (χ1v) is 9.52. The van der Waals surface area contributed by atoms with Crippen molar-refractivity contribution in [3.05, 3.63) is 53.9 Å². The average Bonchev–Trinajstić information content (AvgIpc) is 2.67. The summed E-state index contributed by atoms with van der Waals surface area (Å²) < 4.78 is 0. The highest BCUT2D eigenvalue weighted by molar-refractivity contribution is 5.74. The van der Waals surface area contributed by atoms with E-state index in [2.05, 4.69) is 56.3 Å². The third-order valence-electron chi connectivity index (χ3n) is 5.30. The summed E-state index contributed by atoms with van der Waals surface area (Å²) in [6.45, 7) is 11.7. The van der Waals surface area contributed by atoms with Crippen LogP contribution >= 0.6 is 0 Å². The number of hydrogen-bond acceptors (Lipinski definition) is 5. The second-order valence-electron chi connectivity index (χ2n) is 7.68. The summed E-state index contributed by atoms with van der Waals surface area (Å²) >= 11 is 0. The molecule has 1 N–H and O–H groups in total. The Bertz CT molecular complexity index is 752. The number of anilines is 1. The lowest BCUT2D eigenvalue weighted by Gasteiger charge is -2.38. The summed E-state index contributed by atoms with van der Waals surface area (Å²) in [5.74, 6) is 0.798. The molecule has 3 rings (SSSR count). The van der Waals surface area contributed by atoms with E-state index in [1.54, 1.807) is 19.3 Å². The molecule has 0 saturated carbocycles. The Morgan fingerprint density at radius 1 is 1.07 bits per heavy atom. The van der Waals surface area contributed by atoms with E-state index in [1.807, 2.05) is 19.9 Å². The molecule has 0 aliphatic carbocycles. The molecular formula is C21H29N5O. The van der Waals surface area contributed by atoms with Gasteiger partial charge in [0.05, 0.1) is 5.54 Å². The van der Waals surface area contributed by atoms with Gasteiger partial charge in [0.15, 0.2) is 0 Å². The van der Waals surface area contributed by atoms with Crippen LogP contribution < -0.4 is 10.2 Å². The van der Waals surface area contributed by atoms with Crippen molar-refractivity contribution in [3.8, 4) is 0 Å². The summed E-state index contributed by atoms with van der Waals surface area (Å²) in [5, 5.41) is 3.00. The number of amides is 1. The standard InChI is InChI=1S/C21H29N5O/c1-16(18-6-8-19(9-7-18)21(3,4)24-17(2)27)25-12-14-26(15-13-25)20-22-10-5-11-23-20/h5-11,16H,12-15H2,1-4H3,(H,24,27). The number of nitrogens with zero attached hydrogens (tertiary/aromatic N) is 4. The van der Waals surface area contributed by atoms with Crippen LogP contribution in [0.25, 0.3) is 0 Å². The molecule has 1 amide bonds. The van der Waals surface area contributed by atoms with Gasteiger partial charge in [-0.3, -0.25) is 9.69 Å². The number of aromatic nitrogens is 2. The van der Waals surface area contributed by atoms with Crippen LogP contribution in [0.5, 0.6) is 0 Å². The number of hydrogen-bond donors (Lipinski definition) is 1. The minimum Gasteiger partial charge on any atom is -0.347 e. The summed E-state index contributed by atoms with van der Waals surface area (Å²) in [7, 11) is 0. The zero-order chi connectivity index (χ0) is 19.4. The molecule has 144 valence electrons. The third-order valence-corrected chi connectivity index (χ3v) is 5.30. The second-order valence-corrected chi connectivity index (χ2v) is 7.68. The molecule has 27 heavy (non-hydrogen) atoms. The fraction of sp³-hybridized carbons (Fsp3) is 0.476. The predicted molar refractivity (Wildman–Crippen MR) is 108 cm³/mol. The van der Waals surface area contributed by atoms with Gasteiger partial charge in [-0.15, -0.1) is 0 Å². The SMILES string of the molecule is CC(=O)NC(C)(C)c1ccc(C(C)N2CCN(c3ncccn3)CC2)cc1. The van der Waals surface area contributed by atoms with Crippen LogP contribution in [0.15, 0.2) is 42.7 Å². The van der Waals surface area contributed by atoms with E-state index in [0.717, 1.165) is 37.7 Å². The molecule has 0 spiro atoms. The van der Waals surface area contributed by atoms with Crippen molar-refractivity contribution in [2.75, 3.05) is 31.1 Å². The molecule has 0 radical (unpaired) electrons. The van der Waals surface area contributed by atoms with Gasteiger partial charge in [0.25, 0.3) is 0 Å². The van der Waals surface area contributed by atoms with Crippen LogP contribution in [0.1, 0.15) is 44.9 Å². The van der Waals surface area contributed by atoms with Crippen molar-refractivity contribution in [2.24, 2.45) is 0 Å². The normalized spacial score (nSPS) is 16.8. The maximum atomic E-state index is 11.4. The van der Waals surface area contributed by atoms with Gasteiger partial charge in [-0.05, 0) is 38.0 Å². The molecule has 1 aromatic heterocycles. The smallest absolute Gasteiger partial charge is 0.225 e. The van der Waals surface area contributed by atoms with Crippen LogP contribution in [0.4, 0.5) is 5.95 Å². The molecule has 1 aromatic carbocycles. The molecule has 2 aromatic rings. The molecule has 1 atom stereocenters. The molecule has 0 bridgehead atoms. The number of carbonyl (C=O) groups excluding carboxylic acids is 1. The summed E-state index contributed by atoms with van der Waals surface area (Å²) in [6.07, 6.45) is 3.59. The van der Waals surface area contributed by atoms with Gasteiger partial charge in [0, 0.05) is 51.5 Å². The summed E-state index contributed by atoms with van der Waals surface area (Å²) in [4.78, 5) is 24.8. The number of benzene rings is 1. The number of rotatable bonds is 5. The monoisotopic (exact) mass is 367 g/mol. The van der Waals surface area contributed by atoms with Crippen molar-refractivity contribution in [2.45, 2.75) is 39.3 Å². The Hall–Kier alpha value is -2.47. The minimum atomic E-state index is -0.366. The van der Waals surface area contributed by atoms with E-state index < -0.39 is 0 Å². The minimum absolute atomic E-state index is 0.0160. The average molecular weight is 367 g/mol. The van der Waals surface area contributed by atoms with Gasteiger partial charge in [0.2, 0.25) is 11.9 Å². The van der Waals surface area contributed by atoms with Gasteiger partial charge in [-0.1, -0.05) is 24.3 Å². The highest BCUT2D eigenvalue weighted by atomic mass is 16.1. The Balaban J connectivity index is 1.61. The van der Waals surface area contributed by atoms with Gasteiger partial charge >= 0.3 is 0 Å². The topological polar surface area (TPSA) is 61.4 Å². The summed E-state index contributed by atoms with van der Waals surface area (Å²) in [5.41, 5.74) is 2.04. The maximum Gasteiger partial charge on any atom is 0.225 e. The van der Waals surface area contributed by atoms with Crippen LogP contribution in [0.2, 0.25) is 0 Å². The molecule has 1 aliphatic heterocycles. The number of carbonyl (C=O) groups is 1. The van der Waals surface area contributed by atoms with E-state index in [4.69, 9.17) is 0 Å². The lowest BCUT2D eigenvalue weighted by Crippen LogP contribution is -2.47. The van der Waals surface area contributed by atoms with Crippen molar-refractivity contribution >= 4 is 11.9 Å². The molecule has 6 nitrogen and oxygen atoms in total. The van der Waals surface area contributed by atoms with E-state index in [0.29, 0.717) is 6.04 Å². The fourth-order valence-electron chi connectivity index (χ4n) is 3.67. The maximum absolute atomic E-state index is 11.4. The second kappa shape index (κ2) is 8.05. The zero-order valence-electron chi connectivity index (χ0n) is 16.6. The molecule has 1 saturated heterocycles. The third kappa shape index (κ3) is 4.63. The van der Waals surface area contributed by atoms with E-state index in [9.17, 15) is 4.79 Å². The van der Waals surface area contributed by atoms with Gasteiger partial charge in [0.1, 0.15) is 0 Å². The van der Waals surface area contributed by atoms with E-state index in [1.165, 1.54) is 5.56 Å². The van der Waals surface area contributed by atoms with Crippen molar-refractivity contribution in [3.63, 3.8) is 0 Å². The predicted octanol–water partition coefficient (Wildman–Crippen LogP) is 2.73. The van der Waals surface area contributed by atoms with Gasteiger partial charge in [-0.25, -0.2) is 9.97 Å². The largest absolute Gasteiger partial charge is 0.347 e. The molecule has 1 unspecified atom stereocenters. The lowest BCUT2D eigenvalue weighted by atomic mass is 9.92. The van der Waals surface area contributed by atoms with Crippen molar-refractivity contribution in [1.29, 1.82) is 0 Å². The Kier molecular flexibility index (Phi) is 5.75. The van der Waals surface area contributed by atoms with E-state index in [-0.39, 0.29) is 11.4 Å².